The van der Waals surface area contributed by atoms with Gasteiger partial charge in [-0.15, -0.1) is 0 Å². The Morgan fingerprint density at radius 1 is 1.33 bits per heavy atom. The SMILES string of the molecule is CCOC(=O)N1CCC(C2=CCC(Cl)=CC=C2N)=CC1c1ccc(Br)cc1. The number of carbonyl (C=O) groups is 1. The number of nitrogens with two attached hydrogens (primary N) is 1. The van der Waals surface area contributed by atoms with Crippen LogP contribution in [0.3, 0.4) is 0 Å². The monoisotopic (exact) mass is 448 g/mol. The highest BCUT2D eigenvalue weighted by atomic mass is 79.9. The highest BCUT2D eigenvalue weighted by Crippen LogP contribution is 2.35. The highest BCUT2D eigenvalue weighted by molar-refractivity contribution is 9.10. The molecule has 142 valence electrons. The van der Waals surface area contributed by atoms with Crippen LogP contribution in [-0.4, -0.2) is 24.1 Å². The summed E-state index contributed by atoms with van der Waals surface area (Å²) in [5.41, 5.74) is 10.1. The van der Waals surface area contributed by atoms with Crippen molar-refractivity contribution in [1.82, 2.24) is 4.90 Å². The maximum Gasteiger partial charge on any atom is 0.410 e. The molecule has 0 saturated heterocycles. The molecule has 1 heterocycles. The van der Waals surface area contributed by atoms with Crippen LogP contribution in [0, 0.1) is 0 Å². The fourth-order valence-corrected chi connectivity index (χ4v) is 3.69. The lowest BCUT2D eigenvalue weighted by Gasteiger charge is -2.34. The second kappa shape index (κ2) is 8.81. The first-order valence-corrected chi connectivity index (χ1v) is 10.1. The van der Waals surface area contributed by atoms with E-state index in [9.17, 15) is 4.79 Å². The predicted molar refractivity (Wildman–Crippen MR) is 112 cm³/mol. The number of hydrogen-bond donors (Lipinski definition) is 1. The lowest BCUT2D eigenvalue weighted by atomic mass is 9.90. The van der Waals surface area contributed by atoms with E-state index in [1.165, 1.54) is 0 Å². The third kappa shape index (κ3) is 4.66. The van der Waals surface area contributed by atoms with Crippen LogP contribution < -0.4 is 5.73 Å². The van der Waals surface area contributed by atoms with Crippen molar-refractivity contribution < 1.29 is 9.53 Å². The lowest BCUT2D eigenvalue weighted by molar-refractivity contribution is 0.0956. The van der Waals surface area contributed by atoms with Gasteiger partial charge in [0, 0.05) is 28.2 Å². The number of amides is 1. The maximum absolute atomic E-state index is 12.5. The van der Waals surface area contributed by atoms with Crippen LogP contribution in [0.1, 0.15) is 31.4 Å². The first-order chi connectivity index (χ1) is 13.0. The number of carbonyl (C=O) groups excluding carboxylic acids is 1. The van der Waals surface area contributed by atoms with Crippen molar-refractivity contribution in [3.8, 4) is 0 Å². The van der Waals surface area contributed by atoms with Gasteiger partial charge in [0.05, 0.1) is 12.6 Å². The van der Waals surface area contributed by atoms with Crippen molar-refractivity contribution in [3.05, 3.63) is 80.5 Å². The quantitative estimate of drug-likeness (QED) is 0.656. The minimum atomic E-state index is -0.302. The first-order valence-electron chi connectivity index (χ1n) is 8.92. The van der Waals surface area contributed by atoms with Gasteiger partial charge in [0.1, 0.15) is 0 Å². The van der Waals surface area contributed by atoms with E-state index in [1.807, 2.05) is 43.3 Å². The second-order valence-corrected chi connectivity index (χ2v) is 7.79. The van der Waals surface area contributed by atoms with Crippen molar-refractivity contribution in [2.75, 3.05) is 13.2 Å². The Morgan fingerprint density at radius 2 is 2.07 bits per heavy atom. The van der Waals surface area contributed by atoms with Gasteiger partial charge in [0.15, 0.2) is 0 Å². The zero-order chi connectivity index (χ0) is 19.4. The van der Waals surface area contributed by atoms with Crippen molar-refractivity contribution >= 4 is 33.6 Å². The van der Waals surface area contributed by atoms with E-state index in [-0.39, 0.29) is 12.1 Å². The molecule has 1 aliphatic carbocycles. The molecule has 0 aromatic heterocycles. The Morgan fingerprint density at radius 3 is 2.78 bits per heavy atom. The summed E-state index contributed by atoms with van der Waals surface area (Å²) in [4.78, 5) is 14.2. The molecule has 0 bridgehead atoms. The molecule has 0 saturated carbocycles. The molecule has 4 nitrogen and oxygen atoms in total. The zero-order valence-corrected chi connectivity index (χ0v) is 17.5. The Kier molecular flexibility index (Phi) is 6.45. The Balaban J connectivity index is 1.98. The third-order valence-corrected chi connectivity index (χ3v) is 5.44. The number of rotatable bonds is 3. The zero-order valence-electron chi connectivity index (χ0n) is 15.1. The van der Waals surface area contributed by atoms with E-state index in [0.29, 0.717) is 31.7 Å². The number of benzene rings is 1. The van der Waals surface area contributed by atoms with Gasteiger partial charge in [-0.3, -0.25) is 4.90 Å². The minimum absolute atomic E-state index is 0.207. The van der Waals surface area contributed by atoms with E-state index in [0.717, 1.165) is 26.2 Å². The van der Waals surface area contributed by atoms with E-state index in [1.54, 1.807) is 4.90 Å². The lowest BCUT2D eigenvalue weighted by Crippen LogP contribution is -2.38. The van der Waals surface area contributed by atoms with E-state index in [2.05, 4.69) is 28.1 Å². The molecule has 2 N–H and O–H groups in total. The minimum Gasteiger partial charge on any atom is -0.450 e. The Bertz CT molecular complexity index is 840. The number of hydrogen-bond acceptors (Lipinski definition) is 3. The number of nitrogens with zero attached hydrogens (tertiary/aromatic N) is 1. The van der Waals surface area contributed by atoms with Gasteiger partial charge in [0.25, 0.3) is 0 Å². The molecule has 3 rings (SSSR count). The molecular weight excluding hydrogens is 428 g/mol. The maximum atomic E-state index is 12.5. The van der Waals surface area contributed by atoms with Crippen molar-refractivity contribution in [2.45, 2.75) is 25.8 Å². The van der Waals surface area contributed by atoms with E-state index < -0.39 is 0 Å². The van der Waals surface area contributed by atoms with E-state index >= 15 is 0 Å². The van der Waals surface area contributed by atoms with Crippen LogP contribution in [0.15, 0.2) is 74.9 Å². The summed E-state index contributed by atoms with van der Waals surface area (Å²) < 4.78 is 6.26. The number of ether oxygens (including phenoxy) is 1. The molecule has 1 aromatic rings. The van der Waals surface area contributed by atoms with Crippen LogP contribution in [0.4, 0.5) is 4.79 Å². The summed E-state index contributed by atoms with van der Waals surface area (Å²) in [6, 6.07) is 7.77. The van der Waals surface area contributed by atoms with Crippen LogP contribution >= 0.6 is 27.5 Å². The van der Waals surface area contributed by atoms with Crippen molar-refractivity contribution in [1.29, 1.82) is 0 Å². The average molecular weight is 450 g/mol. The van der Waals surface area contributed by atoms with Crippen LogP contribution in [0.25, 0.3) is 0 Å². The summed E-state index contributed by atoms with van der Waals surface area (Å²) in [7, 11) is 0. The standard InChI is InChI=1S/C21H22BrClN2O2/c1-2-27-21(26)25-12-11-15(18-9-7-17(23)8-10-19(18)24)13-20(25)14-3-5-16(22)6-4-14/h3-6,8-10,13,20H,2,7,11-12,24H2,1H3. The molecule has 0 spiro atoms. The molecule has 1 aromatic carbocycles. The van der Waals surface area contributed by atoms with Gasteiger partial charge in [0.2, 0.25) is 0 Å². The van der Waals surface area contributed by atoms with Gasteiger partial charge in [-0.1, -0.05) is 51.8 Å². The fourth-order valence-electron chi connectivity index (χ4n) is 3.29. The molecule has 1 amide bonds. The van der Waals surface area contributed by atoms with Gasteiger partial charge in [-0.2, -0.15) is 0 Å². The average Bonchev–Trinajstić information content (AvgIpc) is 2.83. The summed E-state index contributed by atoms with van der Waals surface area (Å²) in [5.74, 6) is 0. The van der Waals surface area contributed by atoms with Gasteiger partial charge in [-0.05, 0) is 54.3 Å². The Hall–Kier alpha value is -1.98. The largest absolute Gasteiger partial charge is 0.450 e. The topological polar surface area (TPSA) is 55.6 Å². The highest BCUT2D eigenvalue weighted by Gasteiger charge is 2.30. The third-order valence-electron chi connectivity index (χ3n) is 4.63. The summed E-state index contributed by atoms with van der Waals surface area (Å²) in [6.07, 6.45) is 8.90. The molecule has 27 heavy (non-hydrogen) atoms. The fraction of sp³-hybridized carbons (Fsp3) is 0.286. The molecular formula is C21H22BrClN2O2. The predicted octanol–water partition coefficient (Wildman–Crippen LogP) is 5.57. The van der Waals surface area contributed by atoms with Crippen molar-refractivity contribution in [2.24, 2.45) is 5.73 Å². The molecule has 1 atom stereocenters. The van der Waals surface area contributed by atoms with Gasteiger partial charge < -0.3 is 10.5 Å². The Labute approximate surface area is 173 Å². The van der Waals surface area contributed by atoms with Crippen LogP contribution in [-0.2, 0) is 4.74 Å². The summed E-state index contributed by atoms with van der Waals surface area (Å²) >= 11 is 9.62. The smallest absolute Gasteiger partial charge is 0.410 e. The van der Waals surface area contributed by atoms with E-state index in [4.69, 9.17) is 22.1 Å². The summed E-state index contributed by atoms with van der Waals surface area (Å²) in [5, 5.41) is 0.752. The van der Waals surface area contributed by atoms with Gasteiger partial charge >= 0.3 is 6.09 Å². The normalized spacial score (nSPS) is 20.1. The second-order valence-electron chi connectivity index (χ2n) is 6.39. The molecule has 6 heteroatoms. The number of halogens is 2. The molecule has 0 radical (unpaired) electrons. The van der Waals surface area contributed by atoms with Crippen LogP contribution in [0.5, 0.6) is 0 Å². The first kappa shape index (κ1) is 19.8. The molecule has 2 aliphatic rings. The molecule has 1 unspecified atom stereocenters. The molecule has 0 fully saturated rings. The van der Waals surface area contributed by atoms with Gasteiger partial charge in [-0.25, -0.2) is 4.79 Å². The van der Waals surface area contributed by atoms with Crippen LogP contribution in [0.2, 0.25) is 0 Å². The van der Waals surface area contributed by atoms with Crippen molar-refractivity contribution in [3.63, 3.8) is 0 Å². The molecule has 1 aliphatic heterocycles. The number of allylic oxidation sites excluding steroid dienone is 5. The summed E-state index contributed by atoms with van der Waals surface area (Å²) in [6.45, 7) is 2.73.